The molecule has 2 aliphatic carbocycles. The van der Waals surface area contributed by atoms with Crippen LogP contribution in [0, 0.1) is 28.5 Å². The fraction of sp³-hybridized carbons (Fsp3) is 0.708. The molecule has 6 nitrogen and oxygen atoms in total. The number of halogens is 1. The summed E-state index contributed by atoms with van der Waals surface area (Å²) in [5.74, 6) is -0.195. The van der Waals surface area contributed by atoms with Crippen LogP contribution < -0.4 is 11.1 Å². The second kappa shape index (κ2) is 8.77. The number of nitrogens with two attached hydrogens (primary N) is 1. The molecule has 0 aromatic heterocycles. The average molecular weight is 435 g/mol. The Bertz CT molecular complexity index is 790. The molecule has 1 aromatic carbocycles. The molecule has 1 saturated heterocycles. The zero-order chi connectivity index (χ0) is 22.2. The first-order valence-corrected chi connectivity index (χ1v) is 11.4. The molecule has 7 atom stereocenters. The van der Waals surface area contributed by atoms with Crippen molar-refractivity contribution in [1.29, 1.82) is 0 Å². The number of fused-ring (bicyclic) bond motifs is 3. The number of hydrogen-bond acceptors (Lipinski definition) is 5. The Labute approximate surface area is 183 Å². The standard InChI is InChI=1S/C24H35FN2O4/c1-23-10-9-20-24(2,14-30-22(12-26)31-20)19(23)8-7-18(28)17(23)11-21(29)27-13-15-3-5-16(25)6-4-15/h3-6,17-20,22,28H,7-14,26H2,1-2H3,(H,27,29). The summed E-state index contributed by atoms with van der Waals surface area (Å²) in [4.78, 5) is 12.8. The second-order valence-corrected chi connectivity index (χ2v) is 10.1. The van der Waals surface area contributed by atoms with Crippen molar-refractivity contribution in [2.45, 2.75) is 71.0 Å². The number of amides is 1. The van der Waals surface area contributed by atoms with E-state index in [0.717, 1.165) is 24.8 Å². The summed E-state index contributed by atoms with van der Waals surface area (Å²) in [6.07, 6.45) is 2.90. The Kier molecular flexibility index (Phi) is 6.41. The summed E-state index contributed by atoms with van der Waals surface area (Å²) >= 11 is 0. The smallest absolute Gasteiger partial charge is 0.220 e. The van der Waals surface area contributed by atoms with Crippen LogP contribution in [-0.2, 0) is 20.8 Å². The van der Waals surface area contributed by atoms with Gasteiger partial charge in [0, 0.05) is 24.9 Å². The van der Waals surface area contributed by atoms with E-state index in [1.165, 1.54) is 12.1 Å². The van der Waals surface area contributed by atoms with Gasteiger partial charge in [-0.25, -0.2) is 4.39 Å². The highest BCUT2D eigenvalue weighted by atomic mass is 19.1. The van der Waals surface area contributed by atoms with Crippen molar-refractivity contribution in [3.63, 3.8) is 0 Å². The highest BCUT2D eigenvalue weighted by molar-refractivity contribution is 5.76. The van der Waals surface area contributed by atoms with Crippen molar-refractivity contribution in [3.05, 3.63) is 35.6 Å². The third-order valence-corrected chi connectivity index (χ3v) is 8.23. The average Bonchev–Trinajstić information content (AvgIpc) is 2.75. The molecule has 1 aromatic rings. The van der Waals surface area contributed by atoms with Crippen LogP contribution in [0.1, 0.15) is 51.5 Å². The van der Waals surface area contributed by atoms with Gasteiger partial charge in [-0.15, -0.1) is 0 Å². The number of carbonyl (C=O) groups excluding carboxylic acids is 1. The van der Waals surface area contributed by atoms with Gasteiger partial charge >= 0.3 is 0 Å². The number of benzene rings is 1. The van der Waals surface area contributed by atoms with Gasteiger partial charge in [-0.3, -0.25) is 4.79 Å². The summed E-state index contributed by atoms with van der Waals surface area (Å²) in [6.45, 7) is 5.76. The monoisotopic (exact) mass is 434 g/mol. The minimum absolute atomic E-state index is 0.0816. The minimum Gasteiger partial charge on any atom is -0.393 e. The number of hydrogen-bond donors (Lipinski definition) is 3. The zero-order valence-electron chi connectivity index (χ0n) is 18.5. The number of rotatable bonds is 5. The van der Waals surface area contributed by atoms with Crippen LogP contribution >= 0.6 is 0 Å². The third-order valence-electron chi connectivity index (χ3n) is 8.23. The van der Waals surface area contributed by atoms with Crippen molar-refractivity contribution in [2.75, 3.05) is 13.2 Å². The summed E-state index contributed by atoms with van der Waals surface area (Å²) in [7, 11) is 0. The fourth-order valence-corrected chi connectivity index (χ4v) is 6.48. The number of aliphatic hydroxyl groups is 1. The first-order valence-electron chi connectivity index (χ1n) is 11.4. The van der Waals surface area contributed by atoms with Gasteiger partial charge in [0.15, 0.2) is 6.29 Å². The first-order chi connectivity index (χ1) is 14.8. The molecule has 4 N–H and O–H groups in total. The molecule has 0 spiro atoms. The maximum absolute atomic E-state index is 13.1. The van der Waals surface area contributed by atoms with E-state index in [-0.39, 0.29) is 47.3 Å². The highest BCUT2D eigenvalue weighted by Gasteiger charge is 2.61. The first kappa shape index (κ1) is 22.6. The number of carbonyl (C=O) groups is 1. The SMILES string of the molecule is CC12COC(CN)OC1CCC1(C)C(CC(=O)NCc3ccc(F)cc3)C(O)CCC21. The van der Waals surface area contributed by atoms with Gasteiger partial charge in [-0.1, -0.05) is 26.0 Å². The lowest BCUT2D eigenvalue weighted by atomic mass is 9.46. The highest BCUT2D eigenvalue weighted by Crippen LogP contribution is 2.62. The van der Waals surface area contributed by atoms with Crippen LogP contribution in [0.2, 0.25) is 0 Å². The van der Waals surface area contributed by atoms with E-state index in [4.69, 9.17) is 15.2 Å². The van der Waals surface area contributed by atoms with Crippen LogP contribution in [-0.4, -0.2) is 42.7 Å². The van der Waals surface area contributed by atoms with Gasteiger partial charge in [0.05, 0.1) is 18.8 Å². The van der Waals surface area contributed by atoms with Gasteiger partial charge in [-0.05, 0) is 60.6 Å². The molecule has 0 bridgehead atoms. The van der Waals surface area contributed by atoms with Gasteiger partial charge in [0.2, 0.25) is 5.91 Å². The quantitative estimate of drug-likeness (QED) is 0.663. The van der Waals surface area contributed by atoms with Crippen LogP contribution in [0.15, 0.2) is 24.3 Å². The largest absolute Gasteiger partial charge is 0.393 e. The molecule has 172 valence electrons. The fourth-order valence-electron chi connectivity index (χ4n) is 6.48. The van der Waals surface area contributed by atoms with Crippen LogP contribution in [0.3, 0.4) is 0 Å². The van der Waals surface area contributed by atoms with E-state index in [1.54, 1.807) is 12.1 Å². The van der Waals surface area contributed by atoms with E-state index >= 15 is 0 Å². The van der Waals surface area contributed by atoms with E-state index < -0.39 is 6.10 Å². The number of nitrogens with one attached hydrogen (secondary N) is 1. The van der Waals surface area contributed by atoms with E-state index in [9.17, 15) is 14.3 Å². The predicted molar refractivity (Wildman–Crippen MR) is 114 cm³/mol. The van der Waals surface area contributed by atoms with E-state index in [0.29, 0.717) is 32.0 Å². The molecule has 4 rings (SSSR count). The molecule has 1 amide bonds. The van der Waals surface area contributed by atoms with Crippen LogP contribution in [0.4, 0.5) is 4.39 Å². The normalized spacial score (nSPS) is 40.0. The lowest BCUT2D eigenvalue weighted by Crippen LogP contribution is -2.63. The van der Waals surface area contributed by atoms with E-state index in [1.807, 2.05) is 0 Å². The third kappa shape index (κ3) is 4.25. The van der Waals surface area contributed by atoms with Crippen molar-refractivity contribution in [3.8, 4) is 0 Å². The molecule has 2 saturated carbocycles. The Morgan fingerprint density at radius 3 is 2.68 bits per heavy atom. The molecule has 7 heteroatoms. The molecule has 7 unspecified atom stereocenters. The maximum Gasteiger partial charge on any atom is 0.220 e. The van der Waals surface area contributed by atoms with Crippen LogP contribution in [0.5, 0.6) is 0 Å². The van der Waals surface area contributed by atoms with Crippen molar-refractivity contribution in [1.82, 2.24) is 5.32 Å². The molecule has 1 aliphatic heterocycles. The molecule has 31 heavy (non-hydrogen) atoms. The minimum atomic E-state index is -0.500. The van der Waals surface area contributed by atoms with E-state index in [2.05, 4.69) is 19.2 Å². The summed E-state index contributed by atoms with van der Waals surface area (Å²) < 4.78 is 25.2. The van der Waals surface area contributed by atoms with Crippen molar-refractivity contribution < 1.29 is 23.8 Å². The Hall–Kier alpha value is -1.54. The molecule has 3 fully saturated rings. The Morgan fingerprint density at radius 2 is 1.97 bits per heavy atom. The van der Waals surface area contributed by atoms with Crippen LogP contribution in [0.25, 0.3) is 0 Å². The summed E-state index contributed by atoms with van der Waals surface area (Å²) in [6, 6.07) is 6.12. The number of ether oxygens (including phenoxy) is 2. The lowest BCUT2D eigenvalue weighted by Gasteiger charge is -2.62. The summed E-state index contributed by atoms with van der Waals surface area (Å²) in [5, 5.41) is 13.8. The molecule has 3 aliphatic rings. The maximum atomic E-state index is 13.1. The zero-order valence-corrected chi connectivity index (χ0v) is 18.5. The van der Waals surface area contributed by atoms with Crippen molar-refractivity contribution in [2.24, 2.45) is 28.4 Å². The molecular formula is C24H35FN2O4. The second-order valence-electron chi connectivity index (χ2n) is 10.1. The molecule has 0 radical (unpaired) electrons. The van der Waals surface area contributed by atoms with Gasteiger partial charge in [0.25, 0.3) is 0 Å². The van der Waals surface area contributed by atoms with Gasteiger partial charge in [-0.2, -0.15) is 0 Å². The lowest BCUT2D eigenvalue weighted by molar-refractivity contribution is -0.305. The topological polar surface area (TPSA) is 93.8 Å². The Balaban J connectivity index is 1.45. The van der Waals surface area contributed by atoms with Gasteiger partial charge in [0.1, 0.15) is 5.82 Å². The summed E-state index contributed by atoms with van der Waals surface area (Å²) in [5.41, 5.74) is 6.28. The number of aliphatic hydroxyl groups excluding tert-OH is 1. The molecular weight excluding hydrogens is 399 g/mol. The molecule has 1 heterocycles. The van der Waals surface area contributed by atoms with Crippen molar-refractivity contribution >= 4 is 5.91 Å². The van der Waals surface area contributed by atoms with Gasteiger partial charge < -0.3 is 25.6 Å². The Morgan fingerprint density at radius 1 is 1.23 bits per heavy atom. The predicted octanol–water partition coefficient (Wildman–Crippen LogP) is 2.73.